The van der Waals surface area contributed by atoms with Gasteiger partial charge in [0.2, 0.25) is 0 Å². The molecule has 1 fully saturated rings. The van der Waals surface area contributed by atoms with Crippen LogP contribution >= 0.6 is 0 Å². The molecule has 196 valence electrons. The van der Waals surface area contributed by atoms with Crippen LogP contribution in [0.2, 0.25) is 0 Å². The Labute approximate surface area is 220 Å². The molecule has 0 bridgehead atoms. The van der Waals surface area contributed by atoms with Crippen molar-refractivity contribution in [2.75, 3.05) is 51.5 Å². The third kappa shape index (κ3) is 6.76. The third-order valence-electron chi connectivity index (χ3n) is 7.28. The molecule has 1 amide bonds. The normalized spacial score (nSPS) is 21.4. The monoisotopic (exact) mass is 502 g/mol. The molecular weight excluding hydrogens is 463 g/mol. The molecule has 5 nitrogen and oxygen atoms in total. The Morgan fingerprint density at radius 2 is 1.73 bits per heavy atom. The van der Waals surface area contributed by atoms with Crippen LogP contribution in [0.25, 0.3) is 0 Å². The summed E-state index contributed by atoms with van der Waals surface area (Å²) in [7, 11) is 0. The maximum absolute atomic E-state index is 14.3. The van der Waals surface area contributed by atoms with E-state index in [9.17, 15) is 9.18 Å². The number of anilines is 1. The van der Waals surface area contributed by atoms with E-state index in [2.05, 4.69) is 28.0 Å². The predicted octanol–water partition coefficient (Wildman–Crippen LogP) is 5.24. The number of amides is 1. The highest BCUT2D eigenvalue weighted by Gasteiger charge is 2.27. The number of nitrogens with zero attached hydrogens (tertiary/aromatic N) is 3. The lowest BCUT2D eigenvalue weighted by molar-refractivity contribution is 0.0773. The molecule has 2 aliphatic rings. The second kappa shape index (κ2) is 11.9. The number of halogens is 1. The average Bonchev–Trinajstić information content (AvgIpc) is 3.06. The van der Waals surface area contributed by atoms with Gasteiger partial charge in [0, 0.05) is 57.1 Å². The van der Waals surface area contributed by atoms with Crippen LogP contribution in [0.1, 0.15) is 48.3 Å². The number of hydrogen-bond acceptors (Lipinski definition) is 4. The van der Waals surface area contributed by atoms with Crippen LogP contribution in [0.4, 0.5) is 10.1 Å². The quantitative estimate of drug-likeness (QED) is 0.502. The molecule has 1 aliphatic carbocycles. The fourth-order valence-electron chi connectivity index (χ4n) is 5.13. The number of nitrogens with two attached hydrogens (primary N) is 1. The Morgan fingerprint density at radius 3 is 2.38 bits per heavy atom. The molecule has 0 spiro atoms. The number of piperazine rings is 1. The van der Waals surface area contributed by atoms with Crippen molar-refractivity contribution in [3.63, 3.8) is 0 Å². The summed E-state index contributed by atoms with van der Waals surface area (Å²) >= 11 is 0. The van der Waals surface area contributed by atoms with E-state index < -0.39 is 5.67 Å². The van der Waals surface area contributed by atoms with Gasteiger partial charge in [-0.1, -0.05) is 42.5 Å². The van der Waals surface area contributed by atoms with Gasteiger partial charge in [-0.2, -0.15) is 0 Å². The number of carbonyl (C=O) groups is 1. The lowest BCUT2D eigenvalue weighted by atomic mass is 9.95. The van der Waals surface area contributed by atoms with Crippen LogP contribution < -0.4 is 5.73 Å². The van der Waals surface area contributed by atoms with Crippen LogP contribution in [0.15, 0.2) is 84.5 Å². The summed E-state index contributed by atoms with van der Waals surface area (Å²) < 4.78 is 14.3. The molecule has 0 radical (unpaired) electrons. The number of benzene rings is 2. The van der Waals surface area contributed by atoms with Gasteiger partial charge in [0.15, 0.2) is 0 Å². The number of allylic oxidation sites excluding steroid dienone is 4. The molecule has 0 saturated carbocycles. The van der Waals surface area contributed by atoms with Crippen molar-refractivity contribution in [1.82, 2.24) is 14.7 Å². The van der Waals surface area contributed by atoms with Gasteiger partial charge in [0.1, 0.15) is 5.67 Å². The Kier molecular flexibility index (Phi) is 8.62. The molecule has 37 heavy (non-hydrogen) atoms. The molecule has 0 aromatic heterocycles. The molecule has 2 N–H and O–H groups in total. The lowest BCUT2D eigenvalue weighted by Crippen LogP contribution is -2.48. The van der Waals surface area contributed by atoms with Gasteiger partial charge in [-0.3, -0.25) is 14.6 Å². The molecule has 2 aromatic rings. The lowest BCUT2D eigenvalue weighted by Gasteiger charge is -2.40. The summed E-state index contributed by atoms with van der Waals surface area (Å²) in [6, 6.07) is 16.2. The number of alkyl halides is 1. The van der Waals surface area contributed by atoms with Crippen LogP contribution in [0.3, 0.4) is 0 Å². The maximum Gasteiger partial charge on any atom is 0.253 e. The topological polar surface area (TPSA) is 52.8 Å². The number of nitrogen functional groups attached to an aromatic ring is 1. The molecule has 1 saturated heterocycles. The molecule has 4 rings (SSSR count). The van der Waals surface area contributed by atoms with Crippen LogP contribution in [0, 0.1) is 0 Å². The molecule has 1 aliphatic heterocycles. The first-order chi connectivity index (χ1) is 17.8. The summed E-state index contributed by atoms with van der Waals surface area (Å²) in [5, 5.41) is 0. The second-order valence-corrected chi connectivity index (χ2v) is 10.1. The first-order valence-electron chi connectivity index (χ1n) is 13.3. The maximum atomic E-state index is 14.3. The Bertz CT molecular complexity index is 1160. The van der Waals surface area contributed by atoms with Crippen molar-refractivity contribution in [3.05, 3.63) is 101 Å². The van der Waals surface area contributed by atoms with Crippen LogP contribution in [-0.2, 0) is 0 Å². The Balaban J connectivity index is 1.50. The fourth-order valence-corrected chi connectivity index (χ4v) is 5.13. The van der Waals surface area contributed by atoms with Crippen molar-refractivity contribution >= 4 is 11.6 Å². The second-order valence-electron chi connectivity index (χ2n) is 10.1. The minimum Gasteiger partial charge on any atom is -0.399 e. The zero-order valence-corrected chi connectivity index (χ0v) is 22.2. The summed E-state index contributed by atoms with van der Waals surface area (Å²) in [4.78, 5) is 19.6. The van der Waals surface area contributed by atoms with Gasteiger partial charge < -0.3 is 10.6 Å². The zero-order valence-electron chi connectivity index (χ0n) is 22.2. The molecular formula is C31H39FN4O. The van der Waals surface area contributed by atoms with Gasteiger partial charge in [0.05, 0.1) is 6.04 Å². The van der Waals surface area contributed by atoms with Gasteiger partial charge >= 0.3 is 0 Å². The molecule has 2 unspecified atom stereocenters. The van der Waals surface area contributed by atoms with Crippen molar-refractivity contribution in [2.24, 2.45) is 0 Å². The van der Waals surface area contributed by atoms with E-state index in [1.807, 2.05) is 67.3 Å². The number of rotatable bonds is 8. The summed E-state index contributed by atoms with van der Waals surface area (Å²) in [5.41, 5.74) is 9.65. The van der Waals surface area contributed by atoms with Crippen LogP contribution in [-0.4, -0.2) is 72.1 Å². The zero-order chi connectivity index (χ0) is 26.4. The molecule has 2 atom stereocenters. The van der Waals surface area contributed by atoms with E-state index >= 15 is 0 Å². The predicted molar refractivity (Wildman–Crippen MR) is 150 cm³/mol. The first kappa shape index (κ1) is 26.8. The Morgan fingerprint density at radius 1 is 1.03 bits per heavy atom. The standard InChI is InChI=1S/C31H39FN4O/c1-4-35(5-2)30(37)26-13-11-25(12-14-26)29(27-9-6-10-28(33)22-27)36-20-18-34(19-21-36)23-24-8-7-16-31(3,32)17-15-24/h6-17,22,29H,4-5,18-21,23,33H2,1-3H3. The van der Waals surface area contributed by atoms with Gasteiger partial charge in [-0.05, 0) is 73.9 Å². The van der Waals surface area contributed by atoms with Crippen molar-refractivity contribution < 1.29 is 9.18 Å². The SMILES string of the molecule is CCN(CC)C(=O)c1ccc(C(c2cccc(N)c2)N2CCN(CC3=CC=CC(C)(F)C=C3)CC2)cc1. The van der Waals surface area contributed by atoms with Crippen molar-refractivity contribution in [2.45, 2.75) is 32.5 Å². The highest BCUT2D eigenvalue weighted by molar-refractivity contribution is 5.94. The smallest absolute Gasteiger partial charge is 0.253 e. The summed E-state index contributed by atoms with van der Waals surface area (Å²) in [5.74, 6) is 0.0652. The van der Waals surface area contributed by atoms with Crippen molar-refractivity contribution in [3.8, 4) is 0 Å². The molecule has 1 heterocycles. The number of carbonyl (C=O) groups excluding carboxylic acids is 1. The van der Waals surface area contributed by atoms with Gasteiger partial charge in [-0.25, -0.2) is 4.39 Å². The third-order valence-corrected chi connectivity index (χ3v) is 7.28. The van der Waals surface area contributed by atoms with E-state index in [0.717, 1.165) is 55.1 Å². The fraction of sp³-hybridized carbons (Fsp3) is 0.387. The summed E-state index contributed by atoms with van der Waals surface area (Å²) in [6.07, 6.45) is 8.94. The van der Waals surface area contributed by atoms with E-state index in [1.54, 1.807) is 19.1 Å². The minimum absolute atomic E-state index is 0.0513. The molecule has 2 aromatic carbocycles. The highest BCUT2D eigenvalue weighted by Crippen LogP contribution is 2.31. The van der Waals surface area contributed by atoms with E-state index in [-0.39, 0.29) is 11.9 Å². The van der Waals surface area contributed by atoms with Gasteiger partial charge in [0.25, 0.3) is 5.91 Å². The van der Waals surface area contributed by atoms with E-state index in [0.29, 0.717) is 18.7 Å². The minimum atomic E-state index is -1.40. The Hall–Kier alpha value is -3.22. The van der Waals surface area contributed by atoms with E-state index in [4.69, 9.17) is 5.73 Å². The van der Waals surface area contributed by atoms with Crippen molar-refractivity contribution in [1.29, 1.82) is 0 Å². The van der Waals surface area contributed by atoms with Gasteiger partial charge in [-0.15, -0.1) is 0 Å². The highest BCUT2D eigenvalue weighted by atomic mass is 19.1. The number of hydrogen-bond donors (Lipinski definition) is 1. The van der Waals surface area contributed by atoms with E-state index in [1.165, 1.54) is 0 Å². The van der Waals surface area contributed by atoms with Crippen LogP contribution in [0.5, 0.6) is 0 Å². The molecule has 6 heteroatoms. The first-order valence-corrected chi connectivity index (χ1v) is 13.3. The average molecular weight is 503 g/mol. The summed E-state index contributed by atoms with van der Waals surface area (Å²) in [6.45, 7) is 11.4. The largest absolute Gasteiger partial charge is 0.399 e.